The molecule has 1 heterocycles. The van der Waals surface area contributed by atoms with Crippen LogP contribution in [0.1, 0.15) is 25.0 Å². The summed E-state index contributed by atoms with van der Waals surface area (Å²) in [6.07, 6.45) is 0.905. The summed E-state index contributed by atoms with van der Waals surface area (Å²) in [6, 6.07) is 14.0. The minimum Gasteiger partial charge on any atom is -0.508 e. The normalized spacial score (nSPS) is 16.7. The van der Waals surface area contributed by atoms with Crippen molar-refractivity contribution in [3.8, 4) is 5.75 Å². The number of phenolic OH excluding ortho intramolecular Hbond substituents is 1. The number of imide groups is 1. The molecule has 122 valence electrons. The number of benzene rings is 2. The van der Waals surface area contributed by atoms with Gasteiger partial charge in [-0.1, -0.05) is 31.2 Å². The van der Waals surface area contributed by atoms with Gasteiger partial charge in [-0.3, -0.25) is 9.59 Å². The second kappa shape index (κ2) is 6.53. The molecule has 0 bridgehead atoms. The van der Waals surface area contributed by atoms with Crippen LogP contribution in [0.4, 0.5) is 10.5 Å². The van der Waals surface area contributed by atoms with E-state index in [0.29, 0.717) is 10.6 Å². The number of phenols is 1. The van der Waals surface area contributed by atoms with Crippen LogP contribution in [-0.2, 0) is 11.2 Å². The topological polar surface area (TPSA) is 57.6 Å². The molecule has 1 N–H and O–H groups in total. The van der Waals surface area contributed by atoms with Crippen molar-refractivity contribution in [3.05, 3.63) is 64.6 Å². The zero-order valence-corrected chi connectivity index (χ0v) is 14.3. The lowest BCUT2D eigenvalue weighted by Gasteiger charge is -2.13. The minimum absolute atomic E-state index is 0.163. The van der Waals surface area contributed by atoms with E-state index in [1.165, 1.54) is 4.90 Å². The van der Waals surface area contributed by atoms with Crippen molar-refractivity contribution < 1.29 is 14.7 Å². The van der Waals surface area contributed by atoms with E-state index in [1.807, 2.05) is 19.1 Å². The van der Waals surface area contributed by atoms with Crippen LogP contribution in [0, 0.1) is 0 Å². The third-order valence-corrected chi connectivity index (χ3v) is 5.06. The molecule has 1 aliphatic heterocycles. The zero-order valence-electron chi connectivity index (χ0n) is 13.4. The molecule has 1 aliphatic rings. The first-order valence-electron chi connectivity index (χ1n) is 7.66. The van der Waals surface area contributed by atoms with Crippen LogP contribution in [0.5, 0.6) is 5.75 Å². The van der Waals surface area contributed by atoms with Crippen molar-refractivity contribution in [2.24, 2.45) is 0 Å². The summed E-state index contributed by atoms with van der Waals surface area (Å²) in [4.78, 5) is 26.7. The summed E-state index contributed by atoms with van der Waals surface area (Å²) in [5.41, 5.74) is 3.27. The molecule has 3 rings (SSSR count). The molecular formula is C19H17NO3S. The Labute approximate surface area is 144 Å². The van der Waals surface area contributed by atoms with Crippen LogP contribution in [0.2, 0.25) is 0 Å². The van der Waals surface area contributed by atoms with Gasteiger partial charge in [-0.25, -0.2) is 4.90 Å². The van der Waals surface area contributed by atoms with Gasteiger partial charge in [-0.2, -0.15) is 0 Å². The van der Waals surface area contributed by atoms with E-state index in [1.54, 1.807) is 36.4 Å². The number of aromatic hydroxyl groups is 1. The van der Waals surface area contributed by atoms with E-state index in [0.717, 1.165) is 34.9 Å². The van der Waals surface area contributed by atoms with Gasteiger partial charge in [0, 0.05) is 0 Å². The van der Waals surface area contributed by atoms with Crippen molar-refractivity contribution in [1.29, 1.82) is 0 Å². The molecule has 5 heteroatoms. The van der Waals surface area contributed by atoms with Gasteiger partial charge in [-0.15, -0.1) is 0 Å². The Kier molecular flexibility index (Phi) is 4.44. The van der Waals surface area contributed by atoms with Crippen LogP contribution in [-0.4, -0.2) is 16.3 Å². The maximum atomic E-state index is 12.7. The molecule has 4 nitrogen and oxygen atoms in total. The Morgan fingerprint density at radius 2 is 1.67 bits per heavy atom. The number of anilines is 1. The van der Waals surface area contributed by atoms with E-state index in [2.05, 4.69) is 6.92 Å². The van der Waals surface area contributed by atoms with Crippen LogP contribution in [0.3, 0.4) is 0 Å². The van der Waals surface area contributed by atoms with Gasteiger partial charge in [-0.05, 0) is 66.1 Å². The second-order valence-corrected chi connectivity index (χ2v) is 6.49. The van der Waals surface area contributed by atoms with Gasteiger partial charge in [0.15, 0.2) is 0 Å². The quantitative estimate of drug-likeness (QED) is 0.831. The van der Waals surface area contributed by atoms with Gasteiger partial charge in [0.2, 0.25) is 0 Å². The van der Waals surface area contributed by atoms with Crippen molar-refractivity contribution in [2.45, 2.75) is 20.3 Å². The third-order valence-electron chi connectivity index (χ3n) is 4.01. The van der Waals surface area contributed by atoms with Crippen molar-refractivity contribution in [3.63, 3.8) is 0 Å². The fourth-order valence-electron chi connectivity index (χ4n) is 2.54. The first kappa shape index (κ1) is 16.3. The highest BCUT2D eigenvalue weighted by atomic mass is 32.2. The Bertz CT molecular complexity index is 823. The zero-order chi connectivity index (χ0) is 17.3. The summed E-state index contributed by atoms with van der Waals surface area (Å²) in [5, 5.41) is 9.09. The monoisotopic (exact) mass is 339 g/mol. The number of hydrogen-bond donors (Lipinski definition) is 1. The maximum absolute atomic E-state index is 12.7. The van der Waals surface area contributed by atoms with Crippen LogP contribution in [0.25, 0.3) is 5.57 Å². The summed E-state index contributed by atoms with van der Waals surface area (Å²) < 4.78 is 0. The number of rotatable bonds is 3. The average molecular weight is 339 g/mol. The van der Waals surface area contributed by atoms with E-state index in [4.69, 9.17) is 0 Å². The van der Waals surface area contributed by atoms with Gasteiger partial charge in [0.05, 0.1) is 10.6 Å². The highest BCUT2D eigenvalue weighted by Gasteiger charge is 2.37. The molecule has 2 amide bonds. The number of carbonyl (C=O) groups is 2. The molecule has 0 aromatic heterocycles. The first-order valence-corrected chi connectivity index (χ1v) is 8.48. The highest BCUT2D eigenvalue weighted by molar-refractivity contribution is 8.19. The fourth-order valence-corrected chi connectivity index (χ4v) is 3.45. The molecule has 2 aromatic carbocycles. The lowest BCUT2D eigenvalue weighted by atomic mass is 10.1. The lowest BCUT2D eigenvalue weighted by molar-refractivity contribution is -0.113. The molecule has 0 radical (unpaired) electrons. The number of nitrogens with zero attached hydrogens (tertiary/aromatic N) is 1. The molecule has 0 atom stereocenters. The standard InChI is InChI=1S/C19H17NO3S/c1-3-13-4-8-15(9-5-13)20-18(22)17(24-19(20)23)12(2)14-6-10-16(21)11-7-14/h4-11,21H,3H2,1-2H3/b17-12-. The Hall–Kier alpha value is -2.53. The molecular weight excluding hydrogens is 322 g/mol. The first-order chi connectivity index (χ1) is 11.5. The Morgan fingerprint density at radius 3 is 2.25 bits per heavy atom. The van der Waals surface area contributed by atoms with Gasteiger partial charge in [0.25, 0.3) is 11.1 Å². The average Bonchev–Trinajstić information content (AvgIpc) is 2.89. The lowest BCUT2D eigenvalue weighted by Crippen LogP contribution is -2.27. The molecule has 0 unspecified atom stereocenters. The van der Waals surface area contributed by atoms with Crippen LogP contribution < -0.4 is 4.90 Å². The number of carbonyl (C=O) groups excluding carboxylic acids is 2. The molecule has 0 aliphatic carbocycles. The molecule has 1 fully saturated rings. The molecule has 1 saturated heterocycles. The van der Waals surface area contributed by atoms with Gasteiger partial charge >= 0.3 is 0 Å². The predicted molar refractivity (Wildman–Crippen MR) is 97.0 cm³/mol. The van der Waals surface area contributed by atoms with E-state index < -0.39 is 0 Å². The van der Waals surface area contributed by atoms with E-state index in [9.17, 15) is 14.7 Å². The van der Waals surface area contributed by atoms with Crippen molar-refractivity contribution >= 4 is 34.2 Å². The summed E-state index contributed by atoms with van der Waals surface area (Å²) in [6.45, 7) is 3.86. The Balaban J connectivity index is 1.95. The fraction of sp³-hybridized carbons (Fsp3) is 0.158. The molecule has 2 aromatic rings. The largest absolute Gasteiger partial charge is 0.508 e. The number of amides is 2. The number of aryl methyl sites for hydroxylation is 1. The minimum atomic E-state index is -0.306. The predicted octanol–water partition coefficient (Wildman–Crippen LogP) is 4.59. The smallest absolute Gasteiger partial charge is 0.298 e. The van der Waals surface area contributed by atoms with Crippen LogP contribution in [0.15, 0.2) is 53.4 Å². The number of allylic oxidation sites excluding steroid dienone is 1. The highest BCUT2D eigenvalue weighted by Crippen LogP contribution is 2.39. The van der Waals surface area contributed by atoms with Crippen molar-refractivity contribution in [2.75, 3.05) is 4.90 Å². The molecule has 24 heavy (non-hydrogen) atoms. The number of hydrogen-bond acceptors (Lipinski definition) is 4. The summed E-state index contributed by atoms with van der Waals surface area (Å²) in [7, 11) is 0. The van der Waals surface area contributed by atoms with Gasteiger partial charge in [0.1, 0.15) is 5.75 Å². The summed E-state index contributed by atoms with van der Waals surface area (Å²) >= 11 is 0.948. The van der Waals surface area contributed by atoms with Crippen molar-refractivity contribution in [1.82, 2.24) is 0 Å². The number of thioether (sulfide) groups is 1. The van der Waals surface area contributed by atoms with E-state index in [-0.39, 0.29) is 16.9 Å². The molecule has 0 saturated carbocycles. The SMILES string of the molecule is CCc1ccc(N2C(=O)S/C(=C(/C)c3ccc(O)cc3)C2=O)cc1. The van der Waals surface area contributed by atoms with Gasteiger partial charge < -0.3 is 5.11 Å². The summed E-state index contributed by atoms with van der Waals surface area (Å²) in [5.74, 6) is -0.143. The second-order valence-electron chi connectivity index (χ2n) is 5.53. The van der Waals surface area contributed by atoms with Crippen LogP contribution >= 0.6 is 11.8 Å². The maximum Gasteiger partial charge on any atom is 0.298 e. The van der Waals surface area contributed by atoms with E-state index >= 15 is 0 Å². The molecule has 0 spiro atoms. The third kappa shape index (κ3) is 2.95. The Morgan fingerprint density at radius 1 is 1.04 bits per heavy atom.